The van der Waals surface area contributed by atoms with E-state index in [0.29, 0.717) is 4.47 Å². The van der Waals surface area contributed by atoms with Crippen molar-refractivity contribution in [2.45, 2.75) is 4.90 Å². The van der Waals surface area contributed by atoms with Gasteiger partial charge in [0.1, 0.15) is 10.6 Å². The summed E-state index contributed by atoms with van der Waals surface area (Å²) in [6, 6.07) is 8.47. The van der Waals surface area contributed by atoms with Crippen molar-refractivity contribution in [2.24, 2.45) is 0 Å². The van der Waals surface area contributed by atoms with Crippen LogP contribution < -0.4 is 4.72 Å². The second-order valence-electron chi connectivity index (χ2n) is 3.85. The largest absolute Gasteiger partial charge is 0.506 e. The lowest BCUT2D eigenvalue weighted by atomic mass is 10.3. The Labute approximate surface area is 134 Å². The van der Waals surface area contributed by atoms with Crippen LogP contribution in [-0.4, -0.2) is 13.5 Å². The fourth-order valence-electron chi connectivity index (χ4n) is 1.48. The molecule has 2 aromatic rings. The topological polar surface area (TPSA) is 66.4 Å². The molecular formula is C12H8BrCl2NO3S. The number of phenolic OH excluding ortho intramolecular Hbond substituents is 1. The summed E-state index contributed by atoms with van der Waals surface area (Å²) in [5, 5.41) is 9.68. The van der Waals surface area contributed by atoms with Gasteiger partial charge in [-0.05, 0) is 30.3 Å². The summed E-state index contributed by atoms with van der Waals surface area (Å²) in [7, 11) is -3.85. The highest BCUT2D eigenvalue weighted by Gasteiger charge is 2.18. The Hall–Kier alpha value is -0.950. The van der Waals surface area contributed by atoms with E-state index in [-0.39, 0.29) is 26.4 Å². The second kappa shape index (κ2) is 5.81. The van der Waals surface area contributed by atoms with Crippen molar-refractivity contribution < 1.29 is 13.5 Å². The number of nitrogens with one attached hydrogen (secondary N) is 1. The second-order valence-corrected chi connectivity index (χ2v) is 7.23. The van der Waals surface area contributed by atoms with Gasteiger partial charge in [-0.1, -0.05) is 39.1 Å². The Kier molecular flexibility index (Phi) is 4.49. The van der Waals surface area contributed by atoms with E-state index in [1.165, 1.54) is 30.3 Å². The van der Waals surface area contributed by atoms with Crippen LogP contribution in [0.4, 0.5) is 5.69 Å². The minimum Gasteiger partial charge on any atom is -0.506 e. The summed E-state index contributed by atoms with van der Waals surface area (Å²) in [5.74, 6) is -0.214. The van der Waals surface area contributed by atoms with Gasteiger partial charge >= 0.3 is 0 Å². The first-order valence-corrected chi connectivity index (χ1v) is 8.29. The van der Waals surface area contributed by atoms with E-state index in [0.717, 1.165) is 0 Å². The molecule has 20 heavy (non-hydrogen) atoms. The number of rotatable bonds is 3. The van der Waals surface area contributed by atoms with Gasteiger partial charge in [-0.3, -0.25) is 4.72 Å². The maximum Gasteiger partial charge on any atom is 0.263 e. The van der Waals surface area contributed by atoms with E-state index in [9.17, 15) is 13.5 Å². The number of hydrogen-bond donors (Lipinski definition) is 2. The number of phenols is 1. The number of halogens is 3. The molecule has 0 spiro atoms. The van der Waals surface area contributed by atoms with Crippen LogP contribution in [0.5, 0.6) is 5.75 Å². The number of anilines is 1. The third-order valence-corrected chi connectivity index (χ3v) is 5.06. The van der Waals surface area contributed by atoms with E-state index in [4.69, 9.17) is 23.2 Å². The van der Waals surface area contributed by atoms with E-state index in [1.807, 2.05) is 0 Å². The molecule has 0 atom stereocenters. The summed E-state index contributed by atoms with van der Waals surface area (Å²) >= 11 is 14.8. The fourth-order valence-corrected chi connectivity index (χ4v) is 3.69. The molecular weight excluding hydrogens is 389 g/mol. The van der Waals surface area contributed by atoms with Crippen molar-refractivity contribution in [1.82, 2.24) is 0 Å². The summed E-state index contributed by atoms with van der Waals surface area (Å²) in [4.78, 5) is -0.0585. The molecule has 2 rings (SSSR count). The molecule has 0 radical (unpaired) electrons. The molecule has 0 aliphatic heterocycles. The maximum atomic E-state index is 12.2. The predicted octanol–water partition coefficient (Wildman–Crippen LogP) is 4.26. The molecule has 2 N–H and O–H groups in total. The SMILES string of the molecule is O=S(=O)(Nc1ccc(Cl)c(O)c1)c1ccc(Br)cc1Cl. The van der Waals surface area contributed by atoms with Crippen LogP contribution in [0.3, 0.4) is 0 Å². The molecule has 0 aromatic heterocycles. The third kappa shape index (κ3) is 3.38. The quantitative estimate of drug-likeness (QED) is 0.814. The first-order chi connectivity index (χ1) is 9.29. The maximum absolute atomic E-state index is 12.2. The molecule has 0 aliphatic rings. The smallest absolute Gasteiger partial charge is 0.263 e. The molecule has 4 nitrogen and oxygen atoms in total. The minimum absolute atomic E-state index is 0.0585. The Morgan fingerprint density at radius 2 is 1.75 bits per heavy atom. The molecule has 0 fully saturated rings. The molecule has 0 heterocycles. The summed E-state index contributed by atoms with van der Waals surface area (Å²) in [6.45, 7) is 0. The van der Waals surface area contributed by atoms with Crippen LogP contribution in [0.2, 0.25) is 10.0 Å². The van der Waals surface area contributed by atoms with Crippen LogP contribution in [0.15, 0.2) is 45.8 Å². The first-order valence-electron chi connectivity index (χ1n) is 5.26. The Morgan fingerprint density at radius 3 is 2.35 bits per heavy atom. The van der Waals surface area contributed by atoms with Gasteiger partial charge in [-0.15, -0.1) is 0 Å². The van der Waals surface area contributed by atoms with Crippen molar-refractivity contribution in [3.63, 3.8) is 0 Å². The number of sulfonamides is 1. The Morgan fingerprint density at radius 1 is 1.05 bits per heavy atom. The Bertz CT molecular complexity index is 765. The van der Waals surface area contributed by atoms with Crippen LogP contribution in [-0.2, 0) is 10.0 Å². The van der Waals surface area contributed by atoms with Crippen molar-refractivity contribution in [1.29, 1.82) is 0 Å². The first kappa shape index (κ1) is 15.4. The van der Waals surface area contributed by atoms with Gasteiger partial charge in [0.25, 0.3) is 10.0 Å². The van der Waals surface area contributed by atoms with Crippen LogP contribution in [0.25, 0.3) is 0 Å². The lowest BCUT2D eigenvalue weighted by Crippen LogP contribution is -2.13. The van der Waals surface area contributed by atoms with Gasteiger partial charge in [-0.25, -0.2) is 8.42 Å². The number of aromatic hydroxyl groups is 1. The third-order valence-electron chi connectivity index (χ3n) is 2.38. The standard InChI is InChI=1S/C12H8BrCl2NO3S/c13-7-1-4-12(10(15)5-7)20(18,19)16-8-2-3-9(14)11(17)6-8/h1-6,16-17H. The molecule has 0 bridgehead atoms. The van der Waals surface area contributed by atoms with Gasteiger partial charge in [0.2, 0.25) is 0 Å². The van der Waals surface area contributed by atoms with Crippen LogP contribution in [0.1, 0.15) is 0 Å². The minimum atomic E-state index is -3.85. The van der Waals surface area contributed by atoms with Gasteiger partial charge < -0.3 is 5.11 Å². The zero-order valence-electron chi connectivity index (χ0n) is 9.77. The van der Waals surface area contributed by atoms with Gasteiger partial charge in [0.15, 0.2) is 0 Å². The highest BCUT2D eigenvalue weighted by atomic mass is 79.9. The van der Waals surface area contributed by atoms with Crippen LogP contribution >= 0.6 is 39.1 Å². The average molecular weight is 397 g/mol. The van der Waals surface area contributed by atoms with Gasteiger partial charge in [0, 0.05) is 10.5 Å². The monoisotopic (exact) mass is 395 g/mol. The molecule has 0 amide bonds. The molecule has 0 unspecified atom stereocenters. The molecule has 0 saturated carbocycles. The normalized spacial score (nSPS) is 11.3. The summed E-state index contributed by atoms with van der Waals surface area (Å²) < 4.78 is 27.4. The fraction of sp³-hybridized carbons (Fsp3) is 0. The lowest BCUT2D eigenvalue weighted by molar-refractivity contribution is 0.476. The lowest BCUT2D eigenvalue weighted by Gasteiger charge is -2.10. The molecule has 0 aliphatic carbocycles. The van der Waals surface area contributed by atoms with E-state index in [2.05, 4.69) is 20.7 Å². The zero-order valence-corrected chi connectivity index (χ0v) is 13.7. The number of benzene rings is 2. The van der Waals surface area contributed by atoms with Gasteiger partial charge in [-0.2, -0.15) is 0 Å². The molecule has 0 saturated heterocycles. The van der Waals surface area contributed by atoms with Crippen molar-refractivity contribution in [3.05, 3.63) is 50.9 Å². The summed E-state index contributed by atoms with van der Waals surface area (Å²) in [6.07, 6.45) is 0. The molecule has 106 valence electrons. The highest BCUT2D eigenvalue weighted by molar-refractivity contribution is 9.10. The molecule has 2 aromatic carbocycles. The highest BCUT2D eigenvalue weighted by Crippen LogP contribution is 2.30. The number of hydrogen-bond acceptors (Lipinski definition) is 3. The van der Waals surface area contributed by atoms with Gasteiger partial charge in [0.05, 0.1) is 15.7 Å². The van der Waals surface area contributed by atoms with Crippen LogP contribution in [0, 0.1) is 0 Å². The van der Waals surface area contributed by atoms with Crippen molar-refractivity contribution in [2.75, 3.05) is 4.72 Å². The summed E-state index contributed by atoms with van der Waals surface area (Å²) in [5.41, 5.74) is 0.186. The van der Waals surface area contributed by atoms with Crippen molar-refractivity contribution in [3.8, 4) is 5.75 Å². The predicted molar refractivity (Wildman–Crippen MR) is 83.1 cm³/mol. The zero-order chi connectivity index (χ0) is 14.9. The van der Waals surface area contributed by atoms with E-state index < -0.39 is 10.0 Å². The average Bonchev–Trinajstić information content (AvgIpc) is 2.33. The van der Waals surface area contributed by atoms with E-state index in [1.54, 1.807) is 6.07 Å². The van der Waals surface area contributed by atoms with E-state index >= 15 is 0 Å². The van der Waals surface area contributed by atoms with Crippen molar-refractivity contribution >= 4 is 54.8 Å². The Balaban J connectivity index is 2.38. The molecule has 8 heteroatoms.